The lowest BCUT2D eigenvalue weighted by molar-refractivity contribution is -0.136. The predicted octanol–water partition coefficient (Wildman–Crippen LogP) is 1.99. The summed E-state index contributed by atoms with van der Waals surface area (Å²) in [5, 5.41) is 9.00. The van der Waals surface area contributed by atoms with E-state index in [1.807, 2.05) is 0 Å². The highest BCUT2D eigenvalue weighted by Gasteiger charge is 2.20. The molecule has 0 aliphatic rings. The van der Waals surface area contributed by atoms with Crippen molar-refractivity contribution in [2.24, 2.45) is 0 Å². The van der Waals surface area contributed by atoms with Crippen LogP contribution in [0.15, 0.2) is 6.07 Å². The van der Waals surface area contributed by atoms with Gasteiger partial charge >= 0.3 is 5.97 Å². The van der Waals surface area contributed by atoms with Gasteiger partial charge in [-0.05, 0) is 6.07 Å². The van der Waals surface area contributed by atoms with Crippen LogP contribution in [-0.2, 0) is 11.2 Å². The Labute approximate surface area is 104 Å². The van der Waals surface area contributed by atoms with E-state index in [9.17, 15) is 4.79 Å². The minimum absolute atomic E-state index is 0.200. The van der Waals surface area contributed by atoms with E-state index in [0.717, 1.165) is 0 Å². The smallest absolute Gasteiger partial charge is 0.307 e. The summed E-state index contributed by atoms with van der Waals surface area (Å²) < 4.78 is 15.3. The SMILES string of the molecule is COc1cc(CC(=O)O)c(OC)c(Cl)c1OC. The molecule has 0 aromatic heterocycles. The van der Waals surface area contributed by atoms with E-state index in [1.165, 1.54) is 27.4 Å². The third-order valence-corrected chi connectivity index (χ3v) is 2.53. The van der Waals surface area contributed by atoms with Crippen LogP contribution in [0.2, 0.25) is 5.02 Å². The molecule has 17 heavy (non-hydrogen) atoms. The number of rotatable bonds is 5. The van der Waals surface area contributed by atoms with E-state index >= 15 is 0 Å². The van der Waals surface area contributed by atoms with E-state index in [4.69, 9.17) is 30.9 Å². The average Bonchev–Trinajstić information content (AvgIpc) is 2.28. The summed E-state index contributed by atoms with van der Waals surface area (Å²) in [6, 6.07) is 1.54. The van der Waals surface area contributed by atoms with Gasteiger partial charge in [-0.2, -0.15) is 0 Å². The standard InChI is InChI=1S/C11H13ClO5/c1-15-7-4-6(5-8(13)14)10(16-2)9(12)11(7)17-3/h4H,5H2,1-3H3,(H,13,14). The third kappa shape index (κ3) is 2.74. The van der Waals surface area contributed by atoms with Crippen molar-refractivity contribution in [2.75, 3.05) is 21.3 Å². The molecule has 1 aromatic carbocycles. The maximum Gasteiger partial charge on any atom is 0.307 e. The number of hydrogen-bond donors (Lipinski definition) is 1. The molecule has 0 saturated heterocycles. The first-order valence-electron chi connectivity index (χ1n) is 4.74. The largest absolute Gasteiger partial charge is 0.495 e. The monoisotopic (exact) mass is 260 g/mol. The van der Waals surface area contributed by atoms with E-state index in [1.54, 1.807) is 0 Å². The first-order valence-corrected chi connectivity index (χ1v) is 5.12. The normalized spacial score (nSPS) is 9.88. The minimum atomic E-state index is -0.980. The second kappa shape index (κ2) is 5.63. The van der Waals surface area contributed by atoms with Gasteiger partial charge in [0.1, 0.15) is 10.8 Å². The van der Waals surface area contributed by atoms with Gasteiger partial charge < -0.3 is 19.3 Å². The van der Waals surface area contributed by atoms with E-state index < -0.39 is 5.97 Å². The molecule has 6 heteroatoms. The Morgan fingerprint density at radius 2 is 1.82 bits per heavy atom. The number of halogens is 1. The molecule has 0 amide bonds. The number of carboxylic acid groups (broad SMARTS) is 1. The van der Waals surface area contributed by atoms with Crippen molar-refractivity contribution >= 4 is 17.6 Å². The number of benzene rings is 1. The molecule has 0 fully saturated rings. The van der Waals surface area contributed by atoms with Crippen LogP contribution in [0.25, 0.3) is 0 Å². The highest BCUT2D eigenvalue weighted by Crippen LogP contribution is 2.44. The molecule has 5 nitrogen and oxygen atoms in total. The van der Waals surface area contributed by atoms with Crippen LogP contribution >= 0.6 is 11.6 Å². The van der Waals surface area contributed by atoms with E-state index in [0.29, 0.717) is 17.1 Å². The van der Waals surface area contributed by atoms with Gasteiger partial charge in [-0.3, -0.25) is 4.79 Å². The van der Waals surface area contributed by atoms with Crippen LogP contribution in [0.1, 0.15) is 5.56 Å². The minimum Gasteiger partial charge on any atom is -0.495 e. The number of methoxy groups -OCH3 is 3. The van der Waals surface area contributed by atoms with Gasteiger partial charge in [0.2, 0.25) is 0 Å². The highest BCUT2D eigenvalue weighted by atomic mass is 35.5. The maximum absolute atomic E-state index is 10.7. The topological polar surface area (TPSA) is 65.0 Å². The molecule has 0 heterocycles. The third-order valence-electron chi connectivity index (χ3n) is 2.19. The zero-order valence-corrected chi connectivity index (χ0v) is 10.5. The number of hydrogen-bond acceptors (Lipinski definition) is 4. The quantitative estimate of drug-likeness (QED) is 0.877. The Morgan fingerprint density at radius 1 is 1.24 bits per heavy atom. The van der Waals surface area contributed by atoms with Gasteiger partial charge in [-0.15, -0.1) is 0 Å². The number of ether oxygens (including phenoxy) is 3. The molecule has 0 bridgehead atoms. The van der Waals surface area contributed by atoms with Crippen molar-refractivity contribution in [1.82, 2.24) is 0 Å². The molecule has 0 atom stereocenters. The second-order valence-corrected chi connectivity index (χ2v) is 3.57. The molecule has 0 aliphatic heterocycles. The Kier molecular flexibility index (Phi) is 4.45. The highest BCUT2D eigenvalue weighted by molar-refractivity contribution is 6.34. The second-order valence-electron chi connectivity index (χ2n) is 3.19. The Bertz CT molecular complexity index is 430. The number of carbonyl (C=O) groups is 1. The number of aliphatic carboxylic acids is 1. The van der Waals surface area contributed by atoms with Crippen LogP contribution in [0.4, 0.5) is 0 Å². The summed E-state index contributed by atoms with van der Waals surface area (Å²) in [6.07, 6.45) is -0.205. The predicted molar refractivity (Wildman–Crippen MR) is 62.4 cm³/mol. The van der Waals surface area contributed by atoms with Crippen molar-refractivity contribution < 1.29 is 24.1 Å². The van der Waals surface area contributed by atoms with Crippen molar-refractivity contribution in [3.63, 3.8) is 0 Å². The van der Waals surface area contributed by atoms with Gasteiger partial charge in [-0.25, -0.2) is 0 Å². The first-order chi connectivity index (χ1) is 8.04. The fraction of sp³-hybridized carbons (Fsp3) is 0.364. The molecule has 0 spiro atoms. The van der Waals surface area contributed by atoms with E-state index in [-0.39, 0.29) is 17.2 Å². The number of carboxylic acids is 1. The fourth-order valence-corrected chi connectivity index (χ4v) is 1.87. The van der Waals surface area contributed by atoms with Gasteiger partial charge in [-0.1, -0.05) is 11.6 Å². The summed E-state index contributed by atoms with van der Waals surface area (Å²) >= 11 is 6.06. The molecule has 1 aromatic rings. The van der Waals surface area contributed by atoms with Crippen LogP contribution in [0.5, 0.6) is 17.2 Å². The van der Waals surface area contributed by atoms with Crippen LogP contribution in [0, 0.1) is 0 Å². The lowest BCUT2D eigenvalue weighted by atomic mass is 10.1. The molecule has 0 saturated carbocycles. The van der Waals surface area contributed by atoms with E-state index in [2.05, 4.69) is 0 Å². The summed E-state index contributed by atoms with van der Waals surface area (Å²) in [5.74, 6) is -0.00647. The Morgan fingerprint density at radius 3 is 2.24 bits per heavy atom. The fourth-order valence-electron chi connectivity index (χ4n) is 1.50. The van der Waals surface area contributed by atoms with Crippen LogP contribution in [-0.4, -0.2) is 32.4 Å². The molecular weight excluding hydrogens is 248 g/mol. The average molecular weight is 261 g/mol. The molecule has 1 rings (SSSR count). The van der Waals surface area contributed by atoms with Gasteiger partial charge in [0.25, 0.3) is 0 Å². The van der Waals surface area contributed by atoms with Crippen molar-refractivity contribution in [2.45, 2.75) is 6.42 Å². The summed E-state index contributed by atoms with van der Waals surface area (Å²) in [5.41, 5.74) is 0.433. The zero-order valence-electron chi connectivity index (χ0n) is 9.74. The summed E-state index contributed by atoms with van der Waals surface area (Å²) in [7, 11) is 4.31. The van der Waals surface area contributed by atoms with Crippen LogP contribution < -0.4 is 14.2 Å². The lowest BCUT2D eigenvalue weighted by Crippen LogP contribution is -2.04. The van der Waals surface area contributed by atoms with Crippen molar-refractivity contribution in [3.8, 4) is 17.2 Å². The molecular formula is C11H13ClO5. The van der Waals surface area contributed by atoms with Gasteiger partial charge in [0.15, 0.2) is 11.5 Å². The van der Waals surface area contributed by atoms with Crippen molar-refractivity contribution in [3.05, 3.63) is 16.7 Å². The zero-order chi connectivity index (χ0) is 13.0. The molecule has 0 radical (unpaired) electrons. The summed E-state index contributed by atoms with van der Waals surface area (Å²) in [4.78, 5) is 10.7. The molecule has 1 N–H and O–H groups in total. The van der Waals surface area contributed by atoms with Gasteiger partial charge in [0, 0.05) is 5.56 Å². The summed E-state index contributed by atoms with van der Waals surface area (Å²) in [6.45, 7) is 0. The maximum atomic E-state index is 10.7. The van der Waals surface area contributed by atoms with Gasteiger partial charge in [0.05, 0.1) is 27.8 Å². The molecule has 0 unspecified atom stereocenters. The molecule has 0 aliphatic carbocycles. The Balaban J connectivity index is 3.39. The first kappa shape index (κ1) is 13.4. The van der Waals surface area contributed by atoms with Crippen molar-refractivity contribution in [1.29, 1.82) is 0 Å². The molecule has 94 valence electrons. The Hall–Kier alpha value is -1.62. The lowest BCUT2D eigenvalue weighted by Gasteiger charge is -2.15. The van der Waals surface area contributed by atoms with Crippen LogP contribution in [0.3, 0.4) is 0 Å².